The molecule has 21 heavy (non-hydrogen) atoms. The summed E-state index contributed by atoms with van der Waals surface area (Å²) in [6, 6.07) is 5.24. The number of Topliss-reactive ketones (excluding diaryl/α,β-unsaturated/α-hetero) is 1. The summed E-state index contributed by atoms with van der Waals surface area (Å²) < 4.78 is 5.02. The lowest BCUT2D eigenvalue weighted by atomic mass is 10.0. The van der Waals surface area contributed by atoms with E-state index in [1.54, 1.807) is 18.2 Å². The lowest BCUT2D eigenvalue weighted by Gasteiger charge is -2.14. The summed E-state index contributed by atoms with van der Waals surface area (Å²) >= 11 is 0. The minimum absolute atomic E-state index is 0.233. The Morgan fingerprint density at radius 1 is 1.33 bits per heavy atom. The van der Waals surface area contributed by atoms with Gasteiger partial charge in [0.15, 0.2) is 5.78 Å². The molecule has 0 radical (unpaired) electrons. The van der Waals surface area contributed by atoms with Gasteiger partial charge in [0.2, 0.25) is 5.91 Å². The normalized spacial score (nSPS) is 11.5. The van der Waals surface area contributed by atoms with E-state index in [1.165, 1.54) is 13.2 Å². The van der Waals surface area contributed by atoms with Gasteiger partial charge in [-0.3, -0.25) is 9.59 Å². The number of ketones is 1. The van der Waals surface area contributed by atoms with Gasteiger partial charge in [0.1, 0.15) is 11.8 Å². The molecule has 1 amide bonds. The van der Waals surface area contributed by atoms with Gasteiger partial charge in [-0.25, -0.2) is 4.79 Å². The molecule has 0 aliphatic rings. The summed E-state index contributed by atoms with van der Waals surface area (Å²) in [4.78, 5) is 34.7. The maximum absolute atomic E-state index is 12.1. The number of rotatable bonds is 8. The molecule has 6 heteroatoms. The number of nitrogens with one attached hydrogen (secondary N) is 1. The number of aliphatic carboxylic acids is 1. The molecule has 1 atom stereocenters. The van der Waals surface area contributed by atoms with Crippen molar-refractivity contribution in [1.82, 2.24) is 5.32 Å². The third-order valence-corrected chi connectivity index (χ3v) is 2.89. The first-order chi connectivity index (χ1) is 9.97. The maximum Gasteiger partial charge on any atom is 0.326 e. The fourth-order valence-corrected chi connectivity index (χ4v) is 1.79. The van der Waals surface area contributed by atoms with E-state index in [4.69, 9.17) is 9.84 Å². The van der Waals surface area contributed by atoms with E-state index >= 15 is 0 Å². The molecule has 1 aromatic carbocycles. The maximum atomic E-state index is 12.1. The summed E-state index contributed by atoms with van der Waals surface area (Å²) in [5.74, 6) is -1.44. The van der Waals surface area contributed by atoms with E-state index in [0.29, 0.717) is 17.7 Å². The summed E-state index contributed by atoms with van der Waals surface area (Å²) in [5.41, 5.74) is 0.352. The van der Waals surface area contributed by atoms with E-state index in [2.05, 4.69) is 5.32 Å². The van der Waals surface area contributed by atoms with Crippen LogP contribution in [0.15, 0.2) is 24.3 Å². The third-order valence-electron chi connectivity index (χ3n) is 2.89. The minimum atomic E-state index is -1.23. The second kappa shape index (κ2) is 8.04. The quantitative estimate of drug-likeness (QED) is 0.711. The molecular weight excluding hydrogens is 274 g/mol. The molecule has 0 saturated heterocycles. The van der Waals surface area contributed by atoms with Crippen LogP contribution < -0.4 is 10.1 Å². The zero-order valence-electron chi connectivity index (χ0n) is 12.1. The molecule has 0 saturated carbocycles. The number of carbonyl (C=O) groups excluding carboxylic acids is 2. The zero-order valence-corrected chi connectivity index (χ0v) is 12.1. The molecule has 0 spiro atoms. The number of amides is 1. The average molecular weight is 293 g/mol. The van der Waals surface area contributed by atoms with E-state index in [-0.39, 0.29) is 24.5 Å². The minimum Gasteiger partial charge on any atom is -0.497 e. The van der Waals surface area contributed by atoms with Crippen LogP contribution >= 0.6 is 0 Å². The predicted molar refractivity (Wildman–Crippen MR) is 76.4 cm³/mol. The Balaban J connectivity index is 2.76. The van der Waals surface area contributed by atoms with Gasteiger partial charge in [-0.15, -0.1) is 0 Å². The second-order valence-corrected chi connectivity index (χ2v) is 4.57. The SMILES string of the molecule is CCCC(=O)NC(CC(=O)c1cccc(OC)c1)C(=O)O. The molecule has 6 nitrogen and oxygen atoms in total. The summed E-state index contributed by atoms with van der Waals surface area (Å²) in [7, 11) is 1.48. The smallest absolute Gasteiger partial charge is 0.326 e. The van der Waals surface area contributed by atoms with Crippen molar-refractivity contribution in [2.75, 3.05) is 7.11 Å². The highest BCUT2D eigenvalue weighted by molar-refractivity contribution is 5.99. The number of methoxy groups -OCH3 is 1. The number of carboxylic acids is 1. The van der Waals surface area contributed by atoms with Crippen molar-refractivity contribution < 1.29 is 24.2 Å². The van der Waals surface area contributed by atoms with Gasteiger partial charge in [-0.2, -0.15) is 0 Å². The van der Waals surface area contributed by atoms with Crippen molar-refractivity contribution in [3.05, 3.63) is 29.8 Å². The van der Waals surface area contributed by atoms with E-state index in [0.717, 1.165) is 0 Å². The topological polar surface area (TPSA) is 92.7 Å². The fraction of sp³-hybridized carbons (Fsp3) is 0.400. The Labute approximate surface area is 123 Å². The lowest BCUT2D eigenvalue weighted by molar-refractivity contribution is -0.141. The monoisotopic (exact) mass is 293 g/mol. The van der Waals surface area contributed by atoms with Crippen molar-refractivity contribution in [3.8, 4) is 5.75 Å². The van der Waals surface area contributed by atoms with E-state index < -0.39 is 12.0 Å². The molecule has 1 unspecified atom stereocenters. The molecule has 1 aromatic rings. The van der Waals surface area contributed by atoms with Gasteiger partial charge in [0.25, 0.3) is 0 Å². The molecule has 0 aromatic heterocycles. The summed E-state index contributed by atoms with van der Waals surface area (Å²) in [6.07, 6.45) is 0.553. The Kier molecular flexibility index (Phi) is 6.39. The highest BCUT2D eigenvalue weighted by Gasteiger charge is 2.23. The molecule has 0 aliphatic heterocycles. The van der Waals surface area contributed by atoms with Crippen molar-refractivity contribution in [3.63, 3.8) is 0 Å². The van der Waals surface area contributed by atoms with Crippen LogP contribution in [0, 0.1) is 0 Å². The molecule has 0 heterocycles. The first-order valence-electron chi connectivity index (χ1n) is 6.67. The van der Waals surface area contributed by atoms with Gasteiger partial charge in [0.05, 0.1) is 7.11 Å². The first-order valence-corrected chi connectivity index (χ1v) is 6.67. The van der Waals surface area contributed by atoms with Crippen molar-refractivity contribution in [2.45, 2.75) is 32.2 Å². The highest BCUT2D eigenvalue weighted by atomic mass is 16.5. The Morgan fingerprint density at radius 2 is 2.05 bits per heavy atom. The number of hydrogen-bond donors (Lipinski definition) is 2. The van der Waals surface area contributed by atoms with Crippen LogP contribution in [0.2, 0.25) is 0 Å². The third kappa shape index (κ3) is 5.25. The number of carbonyl (C=O) groups is 3. The van der Waals surface area contributed by atoms with Crippen LogP contribution in [0.25, 0.3) is 0 Å². The Hall–Kier alpha value is -2.37. The highest BCUT2D eigenvalue weighted by Crippen LogP contribution is 2.15. The van der Waals surface area contributed by atoms with Gasteiger partial charge in [-0.1, -0.05) is 19.1 Å². The van der Waals surface area contributed by atoms with Gasteiger partial charge >= 0.3 is 5.97 Å². The summed E-state index contributed by atoms with van der Waals surface area (Å²) in [5, 5.41) is 11.5. The first kappa shape index (κ1) is 16.7. The Morgan fingerprint density at radius 3 is 2.62 bits per heavy atom. The second-order valence-electron chi connectivity index (χ2n) is 4.57. The molecule has 1 rings (SSSR count). The number of hydrogen-bond acceptors (Lipinski definition) is 4. The lowest BCUT2D eigenvalue weighted by Crippen LogP contribution is -2.42. The van der Waals surface area contributed by atoms with Crippen molar-refractivity contribution in [2.24, 2.45) is 0 Å². The van der Waals surface area contributed by atoms with E-state index in [1.807, 2.05) is 6.92 Å². The van der Waals surface area contributed by atoms with Gasteiger partial charge in [-0.05, 0) is 18.6 Å². The molecular formula is C15H19NO5. The van der Waals surface area contributed by atoms with Crippen LogP contribution in [-0.2, 0) is 9.59 Å². The molecule has 0 fully saturated rings. The Bertz CT molecular complexity index is 527. The van der Waals surface area contributed by atoms with Crippen LogP contribution in [0.1, 0.15) is 36.5 Å². The van der Waals surface area contributed by atoms with Crippen LogP contribution in [-0.4, -0.2) is 35.9 Å². The predicted octanol–water partition coefficient (Wildman–Crippen LogP) is 1.64. The molecule has 114 valence electrons. The van der Waals surface area contributed by atoms with Gasteiger partial charge in [0, 0.05) is 18.4 Å². The molecule has 2 N–H and O–H groups in total. The number of carboxylic acid groups (broad SMARTS) is 1. The largest absolute Gasteiger partial charge is 0.497 e. The standard InChI is InChI=1S/C15H19NO5/c1-3-5-14(18)16-12(15(19)20)9-13(17)10-6-4-7-11(8-10)21-2/h4,6-8,12H,3,5,9H2,1-2H3,(H,16,18)(H,19,20). The number of benzene rings is 1. The van der Waals surface area contributed by atoms with Crippen molar-refractivity contribution in [1.29, 1.82) is 0 Å². The van der Waals surface area contributed by atoms with Crippen molar-refractivity contribution >= 4 is 17.7 Å². The average Bonchev–Trinajstić information content (AvgIpc) is 2.46. The summed E-state index contributed by atoms with van der Waals surface area (Å²) in [6.45, 7) is 1.82. The van der Waals surface area contributed by atoms with Crippen LogP contribution in [0.4, 0.5) is 0 Å². The van der Waals surface area contributed by atoms with Crippen LogP contribution in [0.3, 0.4) is 0 Å². The zero-order chi connectivity index (χ0) is 15.8. The van der Waals surface area contributed by atoms with Gasteiger partial charge < -0.3 is 15.2 Å². The molecule has 0 aliphatic carbocycles. The fourth-order valence-electron chi connectivity index (χ4n) is 1.79. The van der Waals surface area contributed by atoms with Crippen LogP contribution in [0.5, 0.6) is 5.75 Å². The number of ether oxygens (including phenoxy) is 1. The van der Waals surface area contributed by atoms with E-state index in [9.17, 15) is 14.4 Å². The molecule has 0 bridgehead atoms.